The van der Waals surface area contributed by atoms with Gasteiger partial charge < -0.3 is 109 Å². The second kappa shape index (κ2) is 34.5. The first-order chi connectivity index (χ1) is 51.7. The molecule has 0 bridgehead atoms. The molecule has 10 rings (SSSR count). The van der Waals surface area contributed by atoms with Crippen molar-refractivity contribution in [3.05, 3.63) is 141 Å². The van der Waals surface area contributed by atoms with Gasteiger partial charge in [-0.05, 0) is 87.5 Å². The van der Waals surface area contributed by atoms with Crippen molar-refractivity contribution >= 4 is 140 Å². The van der Waals surface area contributed by atoms with Gasteiger partial charge in [0.15, 0.2) is 0 Å². The lowest BCUT2D eigenvalue weighted by Crippen LogP contribution is -2.34. The number of aliphatic carboxylic acids is 9. The molecule has 564 valence electrons. The summed E-state index contributed by atoms with van der Waals surface area (Å²) in [5.41, 5.74) is 7.55. The van der Waals surface area contributed by atoms with E-state index in [1.807, 2.05) is 20.8 Å². The number of anilines is 9. The van der Waals surface area contributed by atoms with Crippen LogP contribution in [0.4, 0.5) is 53.5 Å². The topological polar surface area (TPSA) is 607 Å². The van der Waals surface area contributed by atoms with Crippen molar-refractivity contribution in [2.45, 2.75) is 134 Å². The summed E-state index contributed by atoms with van der Waals surface area (Å²) in [5.74, 6) is -16.8. The van der Waals surface area contributed by atoms with E-state index in [1.54, 1.807) is 91.4 Å². The van der Waals surface area contributed by atoms with E-state index in [1.165, 1.54) is 0 Å². The van der Waals surface area contributed by atoms with Gasteiger partial charge in [-0.1, -0.05) is 75.4 Å². The van der Waals surface area contributed by atoms with Crippen molar-refractivity contribution < 1.29 is 89.1 Å². The molecule has 0 aliphatic rings. The first-order valence-corrected chi connectivity index (χ1v) is 33.7. The molecule has 0 aliphatic carbocycles. The van der Waals surface area contributed by atoms with Crippen molar-refractivity contribution in [1.82, 2.24) is 59.8 Å². The van der Waals surface area contributed by atoms with E-state index in [0.717, 1.165) is 32.7 Å². The van der Waals surface area contributed by atoms with E-state index in [9.17, 15) is 89.1 Å². The van der Waals surface area contributed by atoms with E-state index >= 15 is 0 Å². The number of nitrogens with one attached hydrogen (secondary N) is 12. The van der Waals surface area contributed by atoms with Gasteiger partial charge in [-0.15, -0.1) is 0 Å². The third kappa shape index (κ3) is 19.2. The lowest BCUT2D eigenvalue weighted by molar-refractivity contribution is -0.144. The summed E-state index contributed by atoms with van der Waals surface area (Å²) in [4.78, 5) is 162. The van der Waals surface area contributed by atoms with Gasteiger partial charge in [0, 0.05) is 90.2 Å². The summed E-state index contributed by atoms with van der Waals surface area (Å²) in [5, 5.41) is 119. The molecule has 21 N–H and O–H groups in total. The van der Waals surface area contributed by atoms with E-state index in [2.05, 4.69) is 108 Å². The standard InChI is InChI=1S/C69H75N21O18/c1-4-34-40(28-73-61-82-64(88-67(85-61)79-49(58(103)104)22-52(91)92)76-46(55(97)98)19-31-25-70-43-16-10-7-13-37(31)43)35(5-2)42(30-75-63-84-66(90-69(87-63)81-51(60(107)108)24-54(95)96)78-48(57(101)102)21-33-27-72-45-18-12-9-15-39(33)45)36(6-3)41(34)29-74-62-83-65(89-68(86-62)80-50(59(105)106)23-53(93)94)77-47(56(99)100)20-32-26-71-44-17-11-8-14-38(32)44/h7-18,25-27,46-51,70-72H,4-6,19-24,28-30H2,1-3H3,(H,91,92)(H,93,94)(H,95,96)(H,97,98)(H,99,100)(H,101,102)(H,103,104)(H,105,106)(H,107,108)(H3,73,76,79,82,85,88)(H3,74,77,80,83,86,89)(H3,75,78,81,84,87,90)/t46-,47-,48-,49-,50-,51-/m0/s1. The van der Waals surface area contributed by atoms with Gasteiger partial charge >= 0.3 is 53.7 Å². The maximum Gasteiger partial charge on any atom is 0.326 e. The van der Waals surface area contributed by atoms with Crippen molar-refractivity contribution in [2.75, 3.05) is 47.9 Å². The molecular formula is C69H75N21O18. The fraction of sp³-hybridized carbons (Fsp3) is 0.304. The average Bonchev–Trinajstić information content (AvgIpc) is 1.44. The highest BCUT2D eigenvalue weighted by Gasteiger charge is 2.31. The van der Waals surface area contributed by atoms with Crippen molar-refractivity contribution in [3.8, 4) is 0 Å². The van der Waals surface area contributed by atoms with Gasteiger partial charge in [-0.25, -0.2) is 28.8 Å². The molecule has 0 fully saturated rings. The highest BCUT2D eigenvalue weighted by Crippen LogP contribution is 2.34. The van der Waals surface area contributed by atoms with Crippen LogP contribution in [-0.2, 0) is 101 Å². The molecule has 0 spiro atoms. The van der Waals surface area contributed by atoms with Crippen LogP contribution in [-0.4, -0.2) is 196 Å². The highest BCUT2D eigenvalue weighted by atomic mass is 16.4. The van der Waals surface area contributed by atoms with Gasteiger partial charge in [0.2, 0.25) is 53.5 Å². The zero-order valence-electron chi connectivity index (χ0n) is 57.8. The van der Waals surface area contributed by atoms with Gasteiger partial charge in [-0.3, -0.25) is 14.4 Å². The number of nitrogens with zero attached hydrogens (tertiary/aromatic N) is 9. The largest absolute Gasteiger partial charge is 0.481 e. The Morgan fingerprint density at radius 2 is 0.519 bits per heavy atom. The van der Waals surface area contributed by atoms with Crippen LogP contribution >= 0.6 is 0 Å². The Hall–Kier alpha value is -14.0. The zero-order valence-corrected chi connectivity index (χ0v) is 57.8. The summed E-state index contributed by atoms with van der Waals surface area (Å²) < 4.78 is 0. The number of para-hydroxylation sites is 3. The number of rotatable bonds is 42. The minimum atomic E-state index is -1.82. The minimum absolute atomic E-state index is 0.130. The van der Waals surface area contributed by atoms with Gasteiger partial charge in [0.25, 0.3) is 0 Å². The number of fused-ring (bicyclic) bond motifs is 3. The van der Waals surface area contributed by atoms with Crippen LogP contribution < -0.4 is 47.9 Å². The molecule has 108 heavy (non-hydrogen) atoms. The Balaban J connectivity index is 1.09. The molecule has 0 amide bonds. The van der Waals surface area contributed by atoms with Crippen LogP contribution in [0.25, 0.3) is 32.7 Å². The first-order valence-electron chi connectivity index (χ1n) is 33.7. The molecule has 10 aromatic rings. The van der Waals surface area contributed by atoms with E-state index in [4.69, 9.17) is 0 Å². The van der Waals surface area contributed by atoms with Crippen LogP contribution in [0.5, 0.6) is 0 Å². The number of carboxylic acid groups (broad SMARTS) is 9. The molecule has 0 unspecified atom stereocenters. The van der Waals surface area contributed by atoms with Gasteiger partial charge in [-0.2, -0.15) is 44.9 Å². The van der Waals surface area contributed by atoms with Crippen LogP contribution in [0.1, 0.15) is 90.1 Å². The lowest BCUT2D eigenvalue weighted by atomic mass is 9.83. The minimum Gasteiger partial charge on any atom is -0.481 e. The fourth-order valence-electron chi connectivity index (χ4n) is 12.5. The predicted molar refractivity (Wildman–Crippen MR) is 389 cm³/mol. The van der Waals surface area contributed by atoms with Crippen molar-refractivity contribution in [1.29, 1.82) is 0 Å². The van der Waals surface area contributed by atoms with Crippen molar-refractivity contribution in [3.63, 3.8) is 0 Å². The number of aromatic nitrogens is 12. The first kappa shape index (κ1) is 76.6. The number of benzene rings is 4. The number of carbonyl (C=O) groups is 9. The molecule has 0 saturated heterocycles. The van der Waals surface area contributed by atoms with E-state index in [0.29, 0.717) is 50.1 Å². The van der Waals surface area contributed by atoms with Crippen LogP contribution in [0.3, 0.4) is 0 Å². The zero-order chi connectivity index (χ0) is 77.5. The smallest absolute Gasteiger partial charge is 0.326 e. The summed E-state index contributed by atoms with van der Waals surface area (Å²) in [6.45, 7) is 4.89. The number of carboxylic acids is 9. The predicted octanol–water partition coefficient (Wildman–Crippen LogP) is 5.55. The van der Waals surface area contributed by atoms with Gasteiger partial charge in [0.05, 0.1) is 19.3 Å². The SMILES string of the molecule is CCc1c(CNc2nc(N[C@@H](CC(=O)O)C(=O)O)nc(N[C@@H](Cc3c[nH]c4ccccc34)C(=O)O)n2)c(CC)c(CNc2nc(N[C@@H](CC(=O)O)C(=O)O)nc(N[C@@H](Cc3c[nH]c4ccccc34)C(=O)O)n2)c(CC)c1CNc1nc(N[C@@H](CC(=O)O)C(=O)O)nc(N[C@@H](Cc2c[nH]c3ccccc23)C(=O)O)n1. The molecule has 6 aromatic heterocycles. The number of hydrogen-bond donors (Lipinski definition) is 21. The van der Waals surface area contributed by atoms with Crippen molar-refractivity contribution in [2.24, 2.45) is 0 Å². The molecule has 39 heteroatoms. The summed E-state index contributed by atoms with van der Waals surface area (Å²) in [7, 11) is 0. The molecule has 0 radical (unpaired) electrons. The molecule has 6 atom stereocenters. The third-order valence-corrected chi connectivity index (χ3v) is 17.5. The average molecular weight is 1490 g/mol. The quantitative estimate of drug-likeness (QED) is 0.0223. The second-order valence-electron chi connectivity index (χ2n) is 24.6. The highest BCUT2D eigenvalue weighted by molar-refractivity contribution is 5.89. The Bertz CT molecular complexity index is 4540. The molecule has 6 heterocycles. The van der Waals surface area contributed by atoms with Crippen LogP contribution in [0.15, 0.2) is 91.4 Å². The third-order valence-electron chi connectivity index (χ3n) is 17.5. The molecule has 39 nitrogen and oxygen atoms in total. The Morgan fingerprint density at radius 3 is 0.731 bits per heavy atom. The second-order valence-corrected chi connectivity index (χ2v) is 24.6. The Labute approximate surface area is 610 Å². The number of aromatic amines is 3. The summed E-state index contributed by atoms with van der Waals surface area (Å²) in [6.07, 6.45) is 2.41. The summed E-state index contributed by atoms with van der Waals surface area (Å²) in [6, 6.07) is 11.8. The molecule has 4 aromatic carbocycles. The van der Waals surface area contributed by atoms with E-state index in [-0.39, 0.29) is 93.8 Å². The molecule has 0 aliphatic heterocycles. The van der Waals surface area contributed by atoms with Gasteiger partial charge in [0.1, 0.15) is 36.3 Å². The summed E-state index contributed by atoms with van der Waals surface area (Å²) >= 11 is 0. The molecular weight excluding hydrogens is 1410 g/mol. The van der Waals surface area contributed by atoms with E-state index < -0.39 is 127 Å². The van der Waals surface area contributed by atoms with Crippen LogP contribution in [0.2, 0.25) is 0 Å². The Kier molecular flexibility index (Phi) is 24.5. The maximum atomic E-state index is 13.1. The number of hydrogen-bond acceptors (Lipinski definition) is 27. The normalized spacial score (nSPS) is 12.9. The maximum absolute atomic E-state index is 13.1. The fourth-order valence-corrected chi connectivity index (χ4v) is 12.5. The number of H-pyrrole nitrogens is 3. The molecule has 0 saturated carbocycles. The Morgan fingerprint density at radius 1 is 0.306 bits per heavy atom. The lowest BCUT2D eigenvalue weighted by Gasteiger charge is -2.27. The monoisotopic (exact) mass is 1490 g/mol. The van der Waals surface area contributed by atoms with Crippen LogP contribution in [0, 0.1) is 0 Å².